The monoisotopic (exact) mass is 460 g/mol. The lowest BCUT2D eigenvalue weighted by atomic mass is 10.1. The molecule has 160 valence electrons. The van der Waals surface area contributed by atoms with E-state index in [9.17, 15) is 9.59 Å². The number of hydrogen-bond donors (Lipinski definition) is 1. The molecule has 3 aromatic rings. The van der Waals surface area contributed by atoms with Gasteiger partial charge in [-0.25, -0.2) is 4.79 Å². The zero-order valence-corrected chi connectivity index (χ0v) is 18.9. The number of anilines is 1. The van der Waals surface area contributed by atoms with Gasteiger partial charge < -0.3 is 10.1 Å². The van der Waals surface area contributed by atoms with Gasteiger partial charge in [0.25, 0.3) is 5.91 Å². The minimum absolute atomic E-state index is 0.148. The maximum atomic E-state index is 12.8. The Morgan fingerprint density at radius 2 is 1.66 bits per heavy atom. The van der Waals surface area contributed by atoms with Crippen LogP contribution in [0, 0.1) is 0 Å². The highest BCUT2D eigenvalue weighted by Crippen LogP contribution is 2.32. The quantitative estimate of drug-likeness (QED) is 0.302. The number of carbonyl (C=O) groups excluding carboxylic acids is 2. The van der Waals surface area contributed by atoms with Gasteiger partial charge in [0.2, 0.25) is 0 Å². The number of thiocarbonyl (C=S) groups is 1. The molecule has 1 heterocycles. The first-order chi connectivity index (χ1) is 15.5. The molecule has 4 rings (SSSR count). The van der Waals surface area contributed by atoms with Crippen molar-refractivity contribution in [3.05, 3.63) is 94.9 Å². The molecule has 0 bridgehead atoms. The first kappa shape index (κ1) is 21.8. The van der Waals surface area contributed by atoms with Crippen LogP contribution in [-0.2, 0) is 9.53 Å². The number of thioether (sulfide) groups is 1. The van der Waals surface area contributed by atoms with Crippen LogP contribution in [0.2, 0.25) is 0 Å². The Hall–Kier alpha value is -3.42. The van der Waals surface area contributed by atoms with Crippen molar-refractivity contribution >= 4 is 51.9 Å². The van der Waals surface area contributed by atoms with E-state index in [1.54, 1.807) is 35.2 Å². The molecular weight excluding hydrogens is 440 g/mol. The highest BCUT2D eigenvalue weighted by molar-refractivity contribution is 8.26. The molecule has 0 aromatic heterocycles. The Morgan fingerprint density at radius 3 is 2.31 bits per heavy atom. The van der Waals surface area contributed by atoms with Crippen molar-refractivity contribution in [1.29, 1.82) is 0 Å². The average molecular weight is 461 g/mol. The number of rotatable bonds is 6. The zero-order chi connectivity index (χ0) is 22.5. The molecule has 1 amide bonds. The van der Waals surface area contributed by atoms with Crippen LogP contribution in [-0.4, -0.2) is 34.9 Å². The molecule has 0 radical (unpaired) electrons. The number of ether oxygens (including phenoxy) is 1. The first-order valence-corrected chi connectivity index (χ1v) is 11.1. The van der Waals surface area contributed by atoms with Gasteiger partial charge in [0.15, 0.2) is 0 Å². The molecule has 1 aliphatic heterocycles. The lowest BCUT2D eigenvalue weighted by Gasteiger charge is -2.16. The summed E-state index contributed by atoms with van der Waals surface area (Å²) in [5, 5.41) is 3.26. The summed E-state index contributed by atoms with van der Waals surface area (Å²) in [5.74, 6) is -0.545. The van der Waals surface area contributed by atoms with Crippen LogP contribution in [0.5, 0.6) is 0 Å². The van der Waals surface area contributed by atoms with Crippen molar-refractivity contribution in [2.75, 3.05) is 19.1 Å². The summed E-state index contributed by atoms with van der Waals surface area (Å²) in [6.45, 7) is 0.286. The number of nitrogens with one attached hydrogen (secondary N) is 1. The van der Waals surface area contributed by atoms with Crippen LogP contribution >= 0.6 is 24.0 Å². The Kier molecular flexibility index (Phi) is 6.68. The van der Waals surface area contributed by atoms with E-state index in [4.69, 9.17) is 17.0 Å². The zero-order valence-electron chi connectivity index (χ0n) is 17.3. The fraction of sp³-hybridized carbons (Fsp3) is 0.0800. The van der Waals surface area contributed by atoms with Crippen LogP contribution in [0.15, 0.2) is 83.8 Å². The topological polar surface area (TPSA) is 58.6 Å². The molecule has 0 saturated carbocycles. The Bertz CT molecular complexity index is 1170. The van der Waals surface area contributed by atoms with E-state index in [0.29, 0.717) is 14.8 Å². The highest BCUT2D eigenvalue weighted by atomic mass is 32.2. The van der Waals surface area contributed by atoms with Crippen molar-refractivity contribution in [3.8, 4) is 11.1 Å². The molecule has 1 saturated heterocycles. The molecule has 0 spiro atoms. The van der Waals surface area contributed by atoms with Gasteiger partial charge in [0, 0.05) is 5.69 Å². The summed E-state index contributed by atoms with van der Waals surface area (Å²) in [6, 6.07) is 25.1. The summed E-state index contributed by atoms with van der Waals surface area (Å²) >= 11 is 6.67. The summed E-state index contributed by atoms with van der Waals surface area (Å²) < 4.78 is 5.20. The van der Waals surface area contributed by atoms with Crippen LogP contribution in [0.1, 0.15) is 15.9 Å². The standard InChI is InChI=1S/C25H20N2O3S2/c1-30-24(29)20-9-7-17(8-10-20)15-22-23(28)27(25(31)32-22)16-26-21-13-11-19(12-14-21)18-5-3-2-4-6-18/h2-15,26H,16H2,1H3. The summed E-state index contributed by atoms with van der Waals surface area (Å²) in [6.07, 6.45) is 1.77. The van der Waals surface area contributed by atoms with Crippen molar-refractivity contribution in [1.82, 2.24) is 4.90 Å². The van der Waals surface area contributed by atoms with E-state index in [-0.39, 0.29) is 12.6 Å². The maximum Gasteiger partial charge on any atom is 0.337 e. The Balaban J connectivity index is 1.40. The molecule has 1 fully saturated rings. The summed E-state index contributed by atoms with van der Waals surface area (Å²) in [5.41, 5.74) is 4.45. The molecule has 7 heteroatoms. The van der Waals surface area contributed by atoms with Gasteiger partial charge in [-0.05, 0) is 47.0 Å². The molecule has 1 N–H and O–H groups in total. The molecule has 5 nitrogen and oxygen atoms in total. The number of esters is 1. The molecule has 0 unspecified atom stereocenters. The van der Waals surface area contributed by atoms with Gasteiger partial charge in [0.1, 0.15) is 4.32 Å². The van der Waals surface area contributed by atoms with Crippen molar-refractivity contribution in [2.45, 2.75) is 0 Å². The normalized spacial score (nSPS) is 14.7. The van der Waals surface area contributed by atoms with Crippen molar-refractivity contribution < 1.29 is 14.3 Å². The summed E-state index contributed by atoms with van der Waals surface area (Å²) in [4.78, 5) is 26.5. The Morgan fingerprint density at radius 1 is 1.00 bits per heavy atom. The first-order valence-electron chi connectivity index (χ1n) is 9.88. The number of nitrogens with zero attached hydrogens (tertiary/aromatic N) is 1. The third kappa shape index (κ3) is 4.90. The predicted molar refractivity (Wildman–Crippen MR) is 133 cm³/mol. The third-order valence-electron chi connectivity index (χ3n) is 4.94. The van der Waals surface area contributed by atoms with Crippen LogP contribution in [0.4, 0.5) is 5.69 Å². The number of benzene rings is 3. The highest BCUT2D eigenvalue weighted by Gasteiger charge is 2.31. The van der Waals surface area contributed by atoms with Gasteiger partial charge >= 0.3 is 5.97 Å². The second-order valence-corrected chi connectivity index (χ2v) is 8.68. The molecular formula is C25H20N2O3S2. The smallest absolute Gasteiger partial charge is 0.337 e. The third-order valence-corrected chi connectivity index (χ3v) is 6.31. The predicted octanol–water partition coefficient (Wildman–Crippen LogP) is 5.41. The van der Waals surface area contributed by atoms with Crippen LogP contribution in [0.25, 0.3) is 17.2 Å². The SMILES string of the molecule is COC(=O)c1ccc(C=C2SC(=S)N(CNc3ccc(-c4ccccc4)cc3)C2=O)cc1. The van der Waals surface area contributed by atoms with E-state index in [1.807, 2.05) is 42.5 Å². The number of hydrogen-bond acceptors (Lipinski definition) is 6. The average Bonchev–Trinajstić information content (AvgIpc) is 3.10. The van der Waals surface area contributed by atoms with E-state index in [2.05, 4.69) is 17.4 Å². The summed E-state index contributed by atoms with van der Waals surface area (Å²) in [7, 11) is 1.34. The van der Waals surface area contributed by atoms with Gasteiger partial charge in [-0.1, -0.05) is 78.6 Å². The van der Waals surface area contributed by atoms with Gasteiger partial charge in [0.05, 0.1) is 24.2 Å². The minimum atomic E-state index is -0.397. The Labute approximate surface area is 196 Å². The van der Waals surface area contributed by atoms with Crippen LogP contribution in [0.3, 0.4) is 0 Å². The number of carbonyl (C=O) groups is 2. The second-order valence-electron chi connectivity index (χ2n) is 7.00. The lowest BCUT2D eigenvalue weighted by molar-refractivity contribution is -0.121. The molecule has 0 atom stereocenters. The van der Waals surface area contributed by atoms with Crippen molar-refractivity contribution in [3.63, 3.8) is 0 Å². The molecule has 3 aromatic carbocycles. The largest absolute Gasteiger partial charge is 0.465 e. The molecule has 1 aliphatic rings. The van der Waals surface area contributed by atoms with E-state index < -0.39 is 5.97 Å². The fourth-order valence-corrected chi connectivity index (χ4v) is 4.46. The minimum Gasteiger partial charge on any atom is -0.465 e. The second kappa shape index (κ2) is 9.80. The van der Waals surface area contributed by atoms with Crippen LogP contribution < -0.4 is 5.32 Å². The van der Waals surface area contributed by atoms with E-state index >= 15 is 0 Å². The van der Waals surface area contributed by atoms with E-state index in [1.165, 1.54) is 18.9 Å². The van der Waals surface area contributed by atoms with Gasteiger partial charge in [-0.15, -0.1) is 0 Å². The lowest BCUT2D eigenvalue weighted by Crippen LogP contribution is -2.33. The van der Waals surface area contributed by atoms with Crippen molar-refractivity contribution in [2.24, 2.45) is 0 Å². The van der Waals surface area contributed by atoms with Gasteiger partial charge in [-0.2, -0.15) is 0 Å². The number of amides is 1. The van der Waals surface area contributed by atoms with Gasteiger partial charge in [-0.3, -0.25) is 9.69 Å². The maximum absolute atomic E-state index is 12.8. The molecule has 32 heavy (non-hydrogen) atoms. The molecule has 0 aliphatic carbocycles. The van der Waals surface area contributed by atoms with E-state index in [0.717, 1.165) is 22.4 Å². The fourth-order valence-electron chi connectivity index (χ4n) is 3.20. The number of methoxy groups -OCH3 is 1.